The first kappa shape index (κ1) is 17.5. The Kier molecular flexibility index (Phi) is 4.32. The van der Waals surface area contributed by atoms with E-state index in [1.54, 1.807) is 39.0 Å². The Balaban J connectivity index is 2.71. The number of fused-ring (bicyclic) bond motifs is 1. The molecule has 0 fully saturated rings. The molecule has 0 radical (unpaired) electrons. The molecular weight excluding hydrogens is 297 g/mol. The highest BCUT2D eigenvalue weighted by atomic mass is 16.5. The summed E-state index contributed by atoms with van der Waals surface area (Å²) < 4.78 is 4.99. The minimum Gasteiger partial charge on any atom is -0.491 e. The van der Waals surface area contributed by atoms with Gasteiger partial charge in [-0.25, -0.2) is 0 Å². The molecule has 1 aliphatic rings. The molecule has 1 atom stereocenters. The third kappa shape index (κ3) is 2.65. The van der Waals surface area contributed by atoms with Crippen molar-refractivity contribution in [2.45, 2.75) is 46.3 Å². The Hall–Kier alpha value is -1.83. The van der Waals surface area contributed by atoms with E-state index in [1.165, 1.54) is 6.08 Å². The maximum Gasteiger partial charge on any atom is 0.549 e. The first-order chi connectivity index (χ1) is 10.5. The van der Waals surface area contributed by atoms with Crippen molar-refractivity contribution < 1.29 is 24.7 Å². The van der Waals surface area contributed by atoms with Gasteiger partial charge >= 0.3 is 13.2 Å². The van der Waals surface area contributed by atoms with Crippen LogP contribution in [-0.4, -0.2) is 40.0 Å². The summed E-state index contributed by atoms with van der Waals surface area (Å²) in [5, 5.41) is 29.5. The van der Waals surface area contributed by atoms with Crippen molar-refractivity contribution in [1.82, 2.24) is 4.48 Å². The largest absolute Gasteiger partial charge is 0.549 e. The van der Waals surface area contributed by atoms with Gasteiger partial charge < -0.3 is 19.9 Å². The fourth-order valence-corrected chi connectivity index (χ4v) is 3.19. The highest BCUT2D eigenvalue weighted by Crippen LogP contribution is 2.48. The van der Waals surface area contributed by atoms with Gasteiger partial charge in [0.05, 0.1) is 6.10 Å². The number of amides is 1. The molecule has 124 valence electrons. The summed E-state index contributed by atoms with van der Waals surface area (Å²) in [5.74, 6) is 0.612. The lowest BCUT2D eigenvalue weighted by atomic mass is 9.81. The second kappa shape index (κ2) is 5.67. The lowest BCUT2D eigenvalue weighted by Crippen LogP contribution is -2.65. The zero-order valence-corrected chi connectivity index (χ0v) is 14.1. The molecule has 0 saturated carbocycles. The summed E-state index contributed by atoms with van der Waals surface area (Å²) in [6, 6.07) is 5.12. The smallest absolute Gasteiger partial charge is 0.491 e. The van der Waals surface area contributed by atoms with Gasteiger partial charge in [0.2, 0.25) is 0 Å². The van der Waals surface area contributed by atoms with Gasteiger partial charge in [0, 0.05) is 17.7 Å². The molecule has 1 amide bonds. The number of benzene rings is 1. The van der Waals surface area contributed by atoms with E-state index in [9.17, 15) is 19.9 Å². The third-order valence-electron chi connectivity index (χ3n) is 3.98. The normalized spacial score (nSPS) is 20.3. The average Bonchev–Trinajstić information content (AvgIpc) is 2.72. The molecule has 7 heteroatoms. The highest BCUT2D eigenvalue weighted by Gasteiger charge is 2.60. The van der Waals surface area contributed by atoms with Crippen LogP contribution in [-0.2, 0) is 0 Å². The van der Waals surface area contributed by atoms with Crippen LogP contribution in [0.4, 0.5) is 10.5 Å². The van der Waals surface area contributed by atoms with Crippen LogP contribution in [0.2, 0.25) is 0 Å². The third-order valence-corrected chi connectivity index (χ3v) is 3.98. The maximum absolute atomic E-state index is 12.2. The minimum atomic E-state index is -1.87. The summed E-state index contributed by atoms with van der Waals surface area (Å²) in [6.07, 6.45) is 0.350. The number of quaternary nitrogens is 1. The molecule has 1 unspecified atom stereocenters. The predicted octanol–water partition coefficient (Wildman–Crippen LogP) is 2.62. The number of hydrogen-bond acceptors (Lipinski definition) is 4. The van der Waals surface area contributed by atoms with E-state index in [4.69, 9.17) is 4.74 Å². The summed E-state index contributed by atoms with van der Waals surface area (Å²) in [5.41, 5.74) is 0.307. The molecular formula is C16H23BNO5+. The number of nitrogens with zero attached hydrogens (tertiary/aromatic N) is 1. The Morgan fingerprint density at radius 1 is 1.26 bits per heavy atom. The Morgan fingerprint density at radius 2 is 1.87 bits per heavy atom. The fourth-order valence-electron chi connectivity index (χ4n) is 3.19. The van der Waals surface area contributed by atoms with Gasteiger partial charge in [0.15, 0.2) is 11.3 Å². The van der Waals surface area contributed by atoms with E-state index in [1.807, 2.05) is 13.8 Å². The van der Waals surface area contributed by atoms with Gasteiger partial charge in [-0.2, -0.15) is 9.28 Å². The van der Waals surface area contributed by atoms with Crippen LogP contribution in [0.25, 0.3) is 6.08 Å². The zero-order valence-electron chi connectivity index (χ0n) is 14.1. The number of carbonyl (C=O) groups is 1. The van der Waals surface area contributed by atoms with Crippen LogP contribution in [0, 0.1) is 0 Å². The molecule has 6 nitrogen and oxygen atoms in total. The van der Waals surface area contributed by atoms with Crippen molar-refractivity contribution >= 4 is 25.0 Å². The summed E-state index contributed by atoms with van der Waals surface area (Å²) in [7, 11) is -1.87. The molecule has 1 aliphatic heterocycles. The van der Waals surface area contributed by atoms with E-state index < -0.39 is 23.2 Å². The summed E-state index contributed by atoms with van der Waals surface area (Å²) in [4.78, 5) is 12.2. The van der Waals surface area contributed by atoms with Crippen LogP contribution < -0.4 is 9.22 Å². The van der Waals surface area contributed by atoms with Crippen LogP contribution in [0.5, 0.6) is 5.75 Å². The second-order valence-electron chi connectivity index (χ2n) is 6.95. The van der Waals surface area contributed by atoms with Crippen molar-refractivity contribution in [3.63, 3.8) is 0 Å². The molecule has 23 heavy (non-hydrogen) atoms. The lowest BCUT2D eigenvalue weighted by Gasteiger charge is -2.41. The van der Waals surface area contributed by atoms with Crippen LogP contribution >= 0.6 is 0 Å². The van der Waals surface area contributed by atoms with Crippen molar-refractivity contribution in [2.24, 2.45) is 0 Å². The first-order valence-electron chi connectivity index (χ1n) is 7.54. The lowest BCUT2D eigenvalue weighted by molar-refractivity contribution is 0.126. The molecule has 3 N–H and O–H groups in total. The number of rotatable bonds is 3. The second-order valence-corrected chi connectivity index (χ2v) is 6.95. The number of carboxylic acid groups (broad SMARTS) is 1. The van der Waals surface area contributed by atoms with E-state index >= 15 is 0 Å². The topological polar surface area (TPSA) is 87.0 Å². The number of hydrogen-bond donors (Lipinski definition) is 3. The van der Waals surface area contributed by atoms with Crippen molar-refractivity contribution in [1.29, 1.82) is 0 Å². The molecule has 0 saturated heterocycles. The minimum absolute atomic E-state index is 0.0114. The van der Waals surface area contributed by atoms with E-state index in [-0.39, 0.29) is 11.7 Å². The highest BCUT2D eigenvalue weighted by molar-refractivity contribution is 6.53. The predicted molar refractivity (Wildman–Crippen MR) is 89.9 cm³/mol. The number of ether oxygens (including phenoxy) is 1. The van der Waals surface area contributed by atoms with E-state index in [0.717, 1.165) is 0 Å². The van der Waals surface area contributed by atoms with Crippen molar-refractivity contribution in [3.05, 3.63) is 29.4 Å². The molecule has 1 heterocycles. The average molecular weight is 320 g/mol. The fraction of sp³-hybridized carbons (Fsp3) is 0.438. The van der Waals surface area contributed by atoms with E-state index in [2.05, 4.69) is 0 Å². The quantitative estimate of drug-likeness (QED) is 0.589. The summed E-state index contributed by atoms with van der Waals surface area (Å²) in [6.45, 7) is 9.07. The van der Waals surface area contributed by atoms with E-state index in [0.29, 0.717) is 17.0 Å². The molecule has 0 spiro atoms. The Morgan fingerprint density at radius 3 is 2.30 bits per heavy atom. The van der Waals surface area contributed by atoms with Crippen LogP contribution in [0.3, 0.4) is 0 Å². The maximum atomic E-state index is 12.2. The van der Waals surface area contributed by atoms with Gasteiger partial charge in [-0.1, -0.05) is 0 Å². The SMILES string of the molecule is CC(C)Oc1ccc2c(c1)C=C(B(O)O)[N+]2(C(=O)O)C(C)(C)C. The molecule has 0 aromatic heterocycles. The van der Waals surface area contributed by atoms with Crippen molar-refractivity contribution in [2.75, 3.05) is 0 Å². The van der Waals surface area contributed by atoms with Crippen LogP contribution in [0.1, 0.15) is 40.2 Å². The van der Waals surface area contributed by atoms with Gasteiger partial charge in [0.25, 0.3) is 0 Å². The summed E-state index contributed by atoms with van der Waals surface area (Å²) >= 11 is 0. The Bertz CT molecular complexity index is 663. The zero-order chi connectivity index (χ0) is 17.6. The van der Waals surface area contributed by atoms with Crippen LogP contribution in [0.15, 0.2) is 23.8 Å². The molecule has 1 aromatic carbocycles. The molecule has 0 bridgehead atoms. The van der Waals surface area contributed by atoms with Gasteiger partial charge in [0.1, 0.15) is 11.3 Å². The monoisotopic (exact) mass is 320 g/mol. The molecule has 1 aromatic rings. The first-order valence-corrected chi connectivity index (χ1v) is 7.54. The molecule has 0 aliphatic carbocycles. The van der Waals surface area contributed by atoms with Crippen molar-refractivity contribution in [3.8, 4) is 5.75 Å². The Labute approximate surface area is 136 Å². The van der Waals surface area contributed by atoms with Gasteiger partial charge in [-0.05, 0) is 46.8 Å². The van der Waals surface area contributed by atoms with Gasteiger partial charge in [-0.15, -0.1) is 0 Å². The molecule has 2 rings (SSSR count). The standard InChI is InChI=1S/C16H22BNO5/c1-10(2)23-12-6-7-13-11(8-12)9-14(17(21)22)18(13,15(19)20)16(3,4)5/h6-10,21-22H,1-5H3/p+1. The van der Waals surface area contributed by atoms with Gasteiger partial charge in [-0.3, -0.25) is 0 Å².